The maximum atomic E-state index is 13.2. The SMILES string of the molecule is CC(C)(C)OC(=O)N1CC[C@H](CC(=O)OCc2ccccc2)[C@@H]1C(=O)NCc1ccccc1. The molecule has 1 aliphatic heterocycles. The van der Waals surface area contributed by atoms with E-state index in [1.54, 1.807) is 20.8 Å². The highest BCUT2D eigenvalue weighted by Gasteiger charge is 2.44. The lowest BCUT2D eigenvalue weighted by Crippen LogP contribution is -2.50. The quantitative estimate of drug-likeness (QED) is 0.641. The zero-order valence-corrected chi connectivity index (χ0v) is 19.5. The summed E-state index contributed by atoms with van der Waals surface area (Å²) in [6.07, 6.45) is 0.0149. The van der Waals surface area contributed by atoms with Crippen molar-refractivity contribution in [2.24, 2.45) is 5.92 Å². The number of carbonyl (C=O) groups is 3. The summed E-state index contributed by atoms with van der Waals surface area (Å²) in [4.78, 5) is 39.9. The Labute approximate surface area is 195 Å². The second kappa shape index (κ2) is 11.0. The third kappa shape index (κ3) is 7.34. The lowest BCUT2D eigenvalue weighted by atomic mass is 9.96. The van der Waals surface area contributed by atoms with Crippen molar-refractivity contribution < 1.29 is 23.9 Å². The second-order valence-corrected chi connectivity index (χ2v) is 9.22. The zero-order chi connectivity index (χ0) is 23.8. The van der Waals surface area contributed by atoms with Crippen LogP contribution < -0.4 is 5.32 Å². The van der Waals surface area contributed by atoms with Gasteiger partial charge in [0, 0.05) is 19.0 Å². The van der Waals surface area contributed by atoms with E-state index in [2.05, 4.69) is 5.32 Å². The van der Waals surface area contributed by atoms with Crippen molar-refractivity contribution in [1.82, 2.24) is 10.2 Å². The lowest BCUT2D eigenvalue weighted by Gasteiger charge is -2.29. The first-order valence-electron chi connectivity index (χ1n) is 11.2. The number of rotatable bonds is 7. The molecule has 3 rings (SSSR count). The van der Waals surface area contributed by atoms with E-state index in [0.29, 0.717) is 19.5 Å². The molecule has 7 nitrogen and oxygen atoms in total. The molecule has 0 saturated carbocycles. The number of esters is 1. The second-order valence-electron chi connectivity index (χ2n) is 9.22. The Morgan fingerprint density at radius 3 is 2.18 bits per heavy atom. The summed E-state index contributed by atoms with van der Waals surface area (Å²) in [7, 11) is 0. The molecule has 2 aromatic carbocycles. The van der Waals surface area contributed by atoms with Gasteiger partial charge in [-0.25, -0.2) is 4.79 Å². The highest BCUT2D eigenvalue weighted by Crippen LogP contribution is 2.30. The number of hydrogen-bond donors (Lipinski definition) is 1. The Morgan fingerprint density at radius 1 is 0.970 bits per heavy atom. The first-order chi connectivity index (χ1) is 15.7. The van der Waals surface area contributed by atoms with E-state index in [1.807, 2.05) is 60.7 Å². The molecule has 0 aromatic heterocycles. The Morgan fingerprint density at radius 2 is 1.58 bits per heavy atom. The summed E-state index contributed by atoms with van der Waals surface area (Å²) in [5.41, 5.74) is 1.16. The summed E-state index contributed by atoms with van der Waals surface area (Å²) >= 11 is 0. The molecule has 176 valence electrons. The van der Waals surface area contributed by atoms with Crippen LogP contribution in [0.25, 0.3) is 0 Å². The van der Waals surface area contributed by atoms with Crippen LogP contribution in [0.3, 0.4) is 0 Å². The van der Waals surface area contributed by atoms with Crippen molar-refractivity contribution >= 4 is 18.0 Å². The van der Waals surface area contributed by atoms with Crippen LogP contribution in [0.15, 0.2) is 60.7 Å². The van der Waals surface area contributed by atoms with Crippen LogP contribution in [0.4, 0.5) is 4.79 Å². The molecule has 1 heterocycles. The minimum Gasteiger partial charge on any atom is -0.461 e. The van der Waals surface area contributed by atoms with Crippen molar-refractivity contribution in [3.05, 3.63) is 71.8 Å². The van der Waals surface area contributed by atoms with Crippen molar-refractivity contribution in [2.45, 2.75) is 58.4 Å². The summed E-state index contributed by atoms with van der Waals surface area (Å²) in [5, 5.41) is 2.91. The molecule has 2 atom stereocenters. The Bertz CT molecular complexity index is 940. The minimum absolute atomic E-state index is 0.0511. The normalized spacial score (nSPS) is 18.0. The highest BCUT2D eigenvalue weighted by atomic mass is 16.6. The van der Waals surface area contributed by atoms with Gasteiger partial charge in [0.2, 0.25) is 5.91 Å². The first kappa shape index (κ1) is 24.3. The summed E-state index contributed by atoms with van der Waals surface area (Å²) in [6.45, 7) is 6.20. The molecule has 0 bridgehead atoms. The van der Waals surface area contributed by atoms with Gasteiger partial charge in [-0.15, -0.1) is 0 Å². The van der Waals surface area contributed by atoms with E-state index in [4.69, 9.17) is 9.47 Å². The molecule has 2 amide bonds. The van der Waals surface area contributed by atoms with Gasteiger partial charge >= 0.3 is 12.1 Å². The summed E-state index contributed by atoms with van der Waals surface area (Å²) < 4.78 is 10.9. The smallest absolute Gasteiger partial charge is 0.410 e. The predicted octanol–water partition coefficient (Wildman–Crippen LogP) is 4.06. The fraction of sp³-hybridized carbons (Fsp3) is 0.423. The summed E-state index contributed by atoms with van der Waals surface area (Å²) in [5.74, 6) is -1.05. The van der Waals surface area contributed by atoms with Gasteiger partial charge in [0.1, 0.15) is 18.2 Å². The zero-order valence-electron chi connectivity index (χ0n) is 19.5. The minimum atomic E-state index is -0.798. The molecule has 0 spiro atoms. The highest BCUT2D eigenvalue weighted by molar-refractivity contribution is 5.87. The van der Waals surface area contributed by atoms with E-state index < -0.39 is 23.7 Å². The molecule has 0 aliphatic carbocycles. The van der Waals surface area contributed by atoms with E-state index >= 15 is 0 Å². The molecule has 1 saturated heterocycles. The fourth-order valence-electron chi connectivity index (χ4n) is 3.85. The van der Waals surface area contributed by atoms with E-state index in [1.165, 1.54) is 4.90 Å². The number of hydrogen-bond acceptors (Lipinski definition) is 5. The average Bonchev–Trinajstić information content (AvgIpc) is 3.20. The molecule has 7 heteroatoms. The number of nitrogens with zero attached hydrogens (tertiary/aromatic N) is 1. The van der Waals surface area contributed by atoms with Crippen LogP contribution in [0, 0.1) is 5.92 Å². The van der Waals surface area contributed by atoms with Gasteiger partial charge in [-0.1, -0.05) is 60.7 Å². The number of benzene rings is 2. The van der Waals surface area contributed by atoms with Crippen molar-refractivity contribution in [1.29, 1.82) is 0 Å². The van der Waals surface area contributed by atoms with Gasteiger partial charge in [0.15, 0.2) is 0 Å². The number of nitrogens with one attached hydrogen (secondary N) is 1. The van der Waals surface area contributed by atoms with Gasteiger partial charge in [0.05, 0.1) is 6.42 Å². The van der Waals surface area contributed by atoms with Gasteiger partial charge in [0.25, 0.3) is 0 Å². The van der Waals surface area contributed by atoms with Gasteiger partial charge in [-0.2, -0.15) is 0 Å². The Hall–Kier alpha value is -3.35. The fourth-order valence-corrected chi connectivity index (χ4v) is 3.85. The largest absolute Gasteiger partial charge is 0.461 e. The molecule has 1 fully saturated rings. The van der Waals surface area contributed by atoms with Gasteiger partial charge in [-0.05, 0) is 38.3 Å². The number of amides is 2. The van der Waals surface area contributed by atoms with E-state index in [-0.39, 0.29) is 24.9 Å². The molecule has 0 unspecified atom stereocenters. The molecule has 1 N–H and O–H groups in total. The predicted molar refractivity (Wildman–Crippen MR) is 124 cm³/mol. The maximum Gasteiger partial charge on any atom is 0.410 e. The summed E-state index contributed by atoms with van der Waals surface area (Å²) in [6, 6.07) is 18.2. The van der Waals surface area contributed by atoms with E-state index in [0.717, 1.165) is 11.1 Å². The van der Waals surface area contributed by atoms with Crippen molar-refractivity contribution in [3.8, 4) is 0 Å². The molecule has 0 radical (unpaired) electrons. The van der Waals surface area contributed by atoms with E-state index in [9.17, 15) is 14.4 Å². The molecular formula is C26H32N2O5. The van der Waals surface area contributed by atoms with Crippen LogP contribution in [0.2, 0.25) is 0 Å². The van der Waals surface area contributed by atoms with Crippen LogP contribution in [0.5, 0.6) is 0 Å². The topological polar surface area (TPSA) is 84.9 Å². The van der Waals surface area contributed by atoms with Crippen LogP contribution >= 0.6 is 0 Å². The van der Waals surface area contributed by atoms with Crippen LogP contribution in [-0.2, 0) is 32.2 Å². The van der Waals surface area contributed by atoms with Crippen molar-refractivity contribution in [3.63, 3.8) is 0 Å². The van der Waals surface area contributed by atoms with Crippen molar-refractivity contribution in [2.75, 3.05) is 6.54 Å². The van der Waals surface area contributed by atoms with Crippen LogP contribution in [-0.4, -0.2) is 41.1 Å². The molecule has 33 heavy (non-hydrogen) atoms. The molecular weight excluding hydrogens is 420 g/mol. The first-order valence-corrected chi connectivity index (χ1v) is 11.2. The maximum absolute atomic E-state index is 13.2. The van der Waals surface area contributed by atoms with Gasteiger partial charge in [-0.3, -0.25) is 14.5 Å². The number of carbonyl (C=O) groups excluding carboxylic acids is 3. The lowest BCUT2D eigenvalue weighted by molar-refractivity contribution is -0.146. The number of ether oxygens (including phenoxy) is 2. The third-order valence-corrected chi connectivity index (χ3v) is 5.40. The number of likely N-dealkylation sites (tertiary alicyclic amines) is 1. The Balaban J connectivity index is 1.67. The monoisotopic (exact) mass is 452 g/mol. The average molecular weight is 453 g/mol. The van der Waals surface area contributed by atoms with Crippen LogP contribution in [0.1, 0.15) is 44.7 Å². The van der Waals surface area contributed by atoms with Gasteiger partial charge < -0.3 is 14.8 Å². The molecule has 2 aromatic rings. The Kier molecular flexibility index (Phi) is 8.09. The molecule has 1 aliphatic rings. The third-order valence-electron chi connectivity index (χ3n) is 5.40. The standard InChI is InChI=1S/C26H32N2O5/c1-26(2,3)33-25(31)28-15-14-21(16-22(29)32-18-20-12-8-5-9-13-20)23(28)24(30)27-17-19-10-6-4-7-11-19/h4-13,21,23H,14-18H2,1-3H3,(H,27,30)/t21-,23-/m1/s1.